The number of esters is 1. The number of ether oxygens (including phenoxy) is 2. The molecule has 0 saturated heterocycles. The first-order valence-corrected chi connectivity index (χ1v) is 8.81. The molecule has 1 aromatic rings. The van der Waals surface area contributed by atoms with Crippen LogP contribution in [0.15, 0.2) is 30.3 Å². The van der Waals surface area contributed by atoms with Gasteiger partial charge in [-0.25, -0.2) is 0 Å². The molecular formula is C21H34O3. The molecule has 0 saturated carbocycles. The Bertz CT molecular complexity index is 527. The second-order valence-electron chi connectivity index (χ2n) is 8.44. The topological polar surface area (TPSA) is 35.5 Å². The molecule has 136 valence electrons. The van der Waals surface area contributed by atoms with E-state index in [0.717, 1.165) is 0 Å². The maximum absolute atomic E-state index is 11.8. The molecule has 0 aliphatic rings. The van der Waals surface area contributed by atoms with Crippen LogP contribution in [0.5, 0.6) is 0 Å². The van der Waals surface area contributed by atoms with Gasteiger partial charge in [0.25, 0.3) is 0 Å². The number of rotatable bonds is 8. The van der Waals surface area contributed by atoms with Gasteiger partial charge < -0.3 is 9.47 Å². The highest BCUT2D eigenvalue weighted by Crippen LogP contribution is 2.37. The molecule has 3 nitrogen and oxygen atoms in total. The van der Waals surface area contributed by atoms with Gasteiger partial charge in [-0.1, -0.05) is 58.0 Å². The Hall–Kier alpha value is -1.35. The van der Waals surface area contributed by atoms with Crippen LogP contribution in [-0.4, -0.2) is 23.8 Å². The minimum Gasteiger partial charge on any atom is -0.459 e. The van der Waals surface area contributed by atoms with Gasteiger partial charge in [0.2, 0.25) is 0 Å². The van der Waals surface area contributed by atoms with Crippen LogP contribution in [0.4, 0.5) is 0 Å². The molecule has 3 heteroatoms. The van der Waals surface area contributed by atoms with Gasteiger partial charge in [-0.3, -0.25) is 4.79 Å². The van der Waals surface area contributed by atoms with Crippen molar-refractivity contribution < 1.29 is 14.3 Å². The second kappa shape index (κ2) is 7.69. The summed E-state index contributed by atoms with van der Waals surface area (Å²) in [6.07, 6.45) is 0.666. The average Bonchev–Trinajstić information content (AvgIpc) is 2.46. The van der Waals surface area contributed by atoms with E-state index in [9.17, 15) is 4.79 Å². The van der Waals surface area contributed by atoms with E-state index >= 15 is 0 Å². The number of carbonyl (C=O) groups excluding carboxylic acids is 1. The highest BCUT2D eigenvalue weighted by atomic mass is 16.6. The van der Waals surface area contributed by atoms with Crippen LogP contribution in [-0.2, 0) is 19.7 Å². The molecule has 0 atom stereocenters. The molecule has 0 N–H and O–H groups in total. The van der Waals surface area contributed by atoms with Crippen LogP contribution in [0.3, 0.4) is 0 Å². The lowest BCUT2D eigenvalue weighted by molar-refractivity contribution is -0.163. The number of carbonyl (C=O) groups is 1. The third kappa shape index (κ3) is 5.34. The smallest absolute Gasteiger partial charge is 0.308 e. The first-order valence-electron chi connectivity index (χ1n) is 8.81. The number of benzene rings is 1. The summed E-state index contributed by atoms with van der Waals surface area (Å²) in [4.78, 5) is 11.8. The predicted octanol–water partition coefficient (Wildman–Crippen LogP) is 5.13. The molecule has 0 amide bonds. The Labute approximate surface area is 147 Å². The standard InChI is InChI=1S/C21H34O3/c1-16(2)18(22)24-19(3,4)14-15-23-21(7,8)20(5,6)17-12-10-9-11-13-17/h9-13,16H,14-15H2,1-8H3. The van der Waals surface area contributed by atoms with Crippen molar-refractivity contribution in [2.24, 2.45) is 5.92 Å². The van der Waals surface area contributed by atoms with E-state index in [2.05, 4.69) is 52.0 Å². The Balaban J connectivity index is 2.67. The highest BCUT2D eigenvalue weighted by molar-refractivity contribution is 5.71. The SMILES string of the molecule is CC(C)C(=O)OC(C)(C)CCOC(C)(C)C(C)(C)c1ccccc1. The number of hydrogen-bond donors (Lipinski definition) is 0. The summed E-state index contributed by atoms with van der Waals surface area (Å²) >= 11 is 0. The van der Waals surface area contributed by atoms with Crippen molar-refractivity contribution in [2.75, 3.05) is 6.61 Å². The van der Waals surface area contributed by atoms with Crippen molar-refractivity contribution in [1.29, 1.82) is 0 Å². The molecule has 1 rings (SSSR count). The van der Waals surface area contributed by atoms with Gasteiger partial charge >= 0.3 is 5.97 Å². The van der Waals surface area contributed by atoms with Crippen molar-refractivity contribution in [1.82, 2.24) is 0 Å². The Morgan fingerprint density at radius 3 is 2.04 bits per heavy atom. The quantitative estimate of drug-likeness (QED) is 0.618. The van der Waals surface area contributed by atoms with Crippen molar-refractivity contribution in [2.45, 2.75) is 78.4 Å². The lowest BCUT2D eigenvalue weighted by Crippen LogP contribution is -2.46. The van der Waals surface area contributed by atoms with E-state index in [0.29, 0.717) is 13.0 Å². The van der Waals surface area contributed by atoms with Crippen molar-refractivity contribution in [3.63, 3.8) is 0 Å². The second-order valence-corrected chi connectivity index (χ2v) is 8.44. The van der Waals surface area contributed by atoms with Crippen LogP contribution < -0.4 is 0 Å². The summed E-state index contributed by atoms with van der Waals surface area (Å²) in [5, 5.41) is 0. The fourth-order valence-corrected chi connectivity index (χ4v) is 2.38. The molecule has 0 spiro atoms. The summed E-state index contributed by atoms with van der Waals surface area (Å²) in [7, 11) is 0. The minimum absolute atomic E-state index is 0.112. The van der Waals surface area contributed by atoms with E-state index in [1.807, 2.05) is 33.8 Å². The minimum atomic E-state index is -0.520. The maximum Gasteiger partial charge on any atom is 0.308 e. The summed E-state index contributed by atoms with van der Waals surface area (Å²) in [6, 6.07) is 10.4. The van der Waals surface area contributed by atoms with Crippen molar-refractivity contribution >= 4 is 5.97 Å². The zero-order chi connectivity index (χ0) is 18.6. The molecule has 0 unspecified atom stereocenters. The zero-order valence-corrected chi connectivity index (χ0v) is 16.6. The first-order chi connectivity index (χ1) is 10.9. The fraction of sp³-hybridized carbons (Fsp3) is 0.667. The largest absolute Gasteiger partial charge is 0.459 e. The van der Waals surface area contributed by atoms with Gasteiger partial charge in [-0.2, -0.15) is 0 Å². The van der Waals surface area contributed by atoms with Gasteiger partial charge in [0.1, 0.15) is 5.60 Å². The third-order valence-corrected chi connectivity index (χ3v) is 5.02. The summed E-state index contributed by atoms with van der Waals surface area (Å²) in [5.41, 5.74) is 0.258. The monoisotopic (exact) mass is 334 g/mol. The molecule has 0 fully saturated rings. The van der Waals surface area contributed by atoms with Crippen LogP contribution in [0.1, 0.15) is 67.4 Å². The molecule has 0 aromatic heterocycles. The fourth-order valence-electron chi connectivity index (χ4n) is 2.38. The van der Waals surface area contributed by atoms with Crippen LogP contribution >= 0.6 is 0 Å². The van der Waals surface area contributed by atoms with E-state index < -0.39 is 5.60 Å². The molecule has 24 heavy (non-hydrogen) atoms. The van der Waals surface area contributed by atoms with Crippen LogP contribution in [0.25, 0.3) is 0 Å². The van der Waals surface area contributed by atoms with E-state index in [-0.39, 0.29) is 22.9 Å². The van der Waals surface area contributed by atoms with Gasteiger partial charge in [0, 0.05) is 11.8 Å². The Morgan fingerprint density at radius 1 is 1.00 bits per heavy atom. The summed E-state index contributed by atoms with van der Waals surface area (Å²) in [6.45, 7) is 16.7. The summed E-state index contributed by atoms with van der Waals surface area (Å²) < 4.78 is 11.8. The Morgan fingerprint density at radius 2 is 1.54 bits per heavy atom. The van der Waals surface area contributed by atoms with Gasteiger partial charge in [-0.15, -0.1) is 0 Å². The number of hydrogen-bond acceptors (Lipinski definition) is 3. The van der Waals surface area contributed by atoms with E-state index in [4.69, 9.17) is 9.47 Å². The molecule has 0 heterocycles. The maximum atomic E-state index is 11.8. The Kier molecular flexibility index (Phi) is 6.63. The average molecular weight is 334 g/mol. The molecule has 0 bridgehead atoms. The highest BCUT2D eigenvalue weighted by Gasteiger charge is 2.39. The van der Waals surface area contributed by atoms with Crippen molar-refractivity contribution in [3.05, 3.63) is 35.9 Å². The van der Waals surface area contributed by atoms with E-state index in [1.54, 1.807) is 0 Å². The lowest BCUT2D eigenvalue weighted by atomic mass is 9.72. The predicted molar refractivity (Wildman–Crippen MR) is 99.1 cm³/mol. The van der Waals surface area contributed by atoms with Crippen LogP contribution in [0.2, 0.25) is 0 Å². The first kappa shape index (κ1) is 20.7. The molecule has 0 aliphatic heterocycles. The van der Waals surface area contributed by atoms with Crippen LogP contribution in [0, 0.1) is 5.92 Å². The molecule has 1 aromatic carbocycles. The van der Waals surface area contributed by atoms with E-state index in [1.165, 1.54) is 5.56 Å². The van der Waals surface area contributed by atoms with Gasteiger partial charge in [-0.05, 0) is 33.3 Å². The normalized spacial score (nSPS) is 13.2. The third-order valence-electron chi connectivity index (χ3n) is 5.02. The molecule has 0 aliphatic carbocycles. The van der Waals surface area contributed by atoms with Gasteiger partial charge in [0.05, 0.1) is 18.1 Å². The molecule has 0 radical (unpaired) electrons. The zero-order valence-electron chi connectivity index (χ0n) is 16.6. The molecular weight excluding hydrogens is 300 g/mol. The lowest BCUT2D eigenvalue weighted by Gasteiger charge is -2.42. The van der Waals surface area contributed by atoms with Crippen molar-refractivity contribution in [3.8, 4) is 0 Å². The summed E-state index contributed by atoms with van der Waals surface area (Å²) in [5.74, 6) is -0.275. The van der Waals surface area contributed by atoms with Gasteiger partial charge in [0.15, 0.2) is 0 Å².